The minimum absolute atomic E-state index is 0.0958. The van der Waals surface area contributed by atoms with Crippen molar-refractivity contribution in [2.45, 2.75) is 13.3 Å². The number of halogens is 2. The first-order chi connectivity index (χ1) is 12.0. The fourth-order valence-corrected chi connectivity index (χ4v) is 2.45. The lowest BCUT2D eigenvalue weighted by molar-refractivity contribution is 0.0894. The number of fused-ring (bicyclic) bond motifs is 1. The molecule has 0 spiro atoms. The molecule has 0 unspecified atom stereocenters. The van der Waals surface area contributed by atoms with Gasteiger partial charge in [0.05, 0.1) is 6.42 Å². The van der Waals surface area contributed by atoms with E-state index in [4.69, 9.17) is 0 Å². The minimum atomic E-state index is -1.00. The molecule has 125 valence electrons. The van der Waals surface area contributed by atoms with Gasteiger partial charge >= 0.3 is 7.83 Å². The minimum Gasteiger partial charge on any atom is -0.294 e. The van der Waals surface area contributed by atoms with Crippen molar-refractivity contribution in [3.05, 3.63) is 83.4 Å². The summed E-state index contributed by atoms with van der Waals surface area (Å²) in [5.41, 5.74) is 2.26. The van der Waals surface area contributed by atoms with Crippen LogP contribution in [0.4, 0.5) is 8.63 Å². The van der Waals surface area contributed by atoms with Gasteiger partial charge in [0.15, 0.2) is 11.6 Å². The van der Waals surface area contributed by atoms with Crippen LogP contribution in [-0.4, -0.2) is 19.4 Å². The highest BCUT2D eigenvalue weighted by Crippen LogP contribution is 2.17. The second-order valence-corrected chi connectivity index (χ2v) is 5.53. The lowest BCUT2D eigenvalue weighted by atomic mass is 9.99. The van der Waals surface area contributed by atoms with Crippen molar-refractivity contribution in [2.75, 3.05) is 0 Å². The standard InChI is InChI=1S/C20H16O2.BF2/c1-14-6-8-16(9-7-14)19(21)13-20(22)18-11-10-15-4-2-3-5-17(15)12-18;2-1-3/h2-12H,13H2,1H3;. The van der Waals surface area contributed by atoms with Gasteiger partial charge in [-0.25, -0.2) is 0 Å². The molecule has 3 rings (SSSR count). The topological polar surface area (TPSA) is 34.1 Å². The molecule has 0 aliphatic rings. The first kappa shape index (κ1) is 18.5. The van der Waals surface area contributed by atoms with Crippen LogP contribution in [0.1, 0.15) is 32.7 Å². The number of aryl methyl sites for hydroxylation is 1. The van der Waals surface area contributed by atoms with E-state index in [1.807, 2.05) is 55.5 Å². The second-order valence-electron chi connectivity index (χ2n) is 5.53. The molecule has 5 heteroatoms. The quantitative estimate of drug-likeness (QED) is 0.379. The summed E-state index contributed by atoms with van der Waals surface area (Å²) >= 11 is 0. The molecule has 0 aliphatic carbocycles. The Bertz CT molecular complexity index is 876. The Labute approximate surface area is 145 Å². The van der Waals surface area contributed by atoms with Gasteiger partial charge in [-0.2, -0.15) is 0 Å². The molecule has 0 aromatic heterocycles. The van der Waals surface area contributed by atoms with Crippen molar-refractivity contribution in [3.8, 4) is 0 Å². The third-order valence-electron chi connectivity index (χ3n) is 3.77. The first-order valence-corrected chi connectivity index (χ1v) is 7.69. The number of hydrogen-bond donors (Lipinski definition) is 0. The van der Waals surface area contributed by atoms with Gasteiger partial charge < -0.3 is 0 Å². The number of hydrogen-bond acceptors (Lipinski definition) is 2. The van der Waals surface area contributed by atoms with Gasteiger partial charge in [0, 0.05) is 11.1 Å². The number of Topliss-reactive ketones (excluding diaryl/α,β-unsaturated/α-hetero) is 2. The highest BCUT2D eigenvalue weighted by molar-refractivity contribution is 6.15. The average molecular weight is 337 g/mol. The number of ketones is 2. The van der Waals surface area contributed by atoms with E-state index in [1.165, 1.54) is 0 Å². The summed E-state index contributed by atoms with van der Waals surface area (Å²) in [7, 11) is -1.00. The summed E-state index contributed by atoms with van der Waals surface area (Å²) in [6.45, 7) is 1.97. The summed E-state index contributed by atoms with van der Waals surface area (Å²) in [4.78, 5) is 24.5. The summed E-state index contributed by atoms with van der Waals surface area (Å²) < 4.78 is 19.0. The SMILES string of the molecule is Cc1ccc(C(=O)CC(=O)c2ccc3ccccc3c2)cc1.F[B]F. The van der Waals surface area contributed by atoms with Crippen LogP contribution in [0.5, 0.6) is 0 Å². The van der Waals surface area contributed by atoms with Crippen molar-refractivity contribution in [1.82, 2.24) is 0 Å². The summed E-state index contributed by atoms with van der Waals surface area (Å²) in [5.74, 6) is -0.283. The first-order valence-electron chi connectivity index (χ1n) is 7.69. The maximum Gasteiger partial charge on any atom is 0.577 e. The number of carbonyl (C=O) groups is 2. The molecule has 1 radical (unpaired) electrons. The van der Waals surface area contributed by atoms with Crippen molar-refractivity contribution < 1.29 is 18.2 Å². The Hall–Kier alpha value is -2.82. The van der Waals surface area contributed by atoms with Crippen molar-refractivity contribution in [2.24, 2.45) is 0 Å². The second kappa shape index (κ2) is 8.88. The molecule has 0 atom stereocenters. The molecule has 0 fully saturated rings. The maximum absolute atomic E-state index is 12.3. The Morgan fingerprint density at radius 3 is 1.96 bits per heavy atom. The molecular weight excluding hydrogens is 321 g/mol. The maximum atomic E-state index is 12.3. The molecule has 2 nitrogen and oxygen atoms in total. The summed E-state index contributed by atoms with van der Waals surface area (Å²) in [5, 5.41) is 2.10. The van der Waals surface area contributed by atoms with Crippen LogP contribution < -0.4 is 0 Å². The van der Waals surface area contributed by atoms with E-state index in [2.05, 4.69) is 0 Å². The number of benzene rings is 3. The Morgan fingerprint density at radius 1 is 0.800 bits per heavy atom. The van der Waals surface area contributed by atoms with Crippen LogP contribution >= 0.6 is 0 Å². The van der Waals surface area contributed by atoms with Crippen LogP contribution in [-0.2, 0) is 0 Å². The predicted molar refractivity (Wildman–Crippen MR) is 96.4 cm³/mol. The Kier molecular flexibility index (Phi) is 6.58. The van der Waals surface area contributed by atoms with Crippen LogP contribution in [0.15, 0.2) is 66.7 Å². The highest BCUT2D eigenvalue weighted by atomic mass is 19.2. The molecule has 25 heavy (non-hydrogen) atoms. The van der Waals surface area contributed by atoms with Gasteiger partial charge in [-0.15, -0.1) is 0 Å². The van der Waals surface area contributed by atoms with Crippen LogP contribution in [0.25, 0.3) is 10.8 Å². The number of rotatable bonds is 4. The van der Waals surface area contributed by atoms with E-state index < -0.39 is 7.83 Å². The van der Waals surface area contributed by atoms with E-state index in [-0.39, 0.29) is 18.0 Å². The molecule has 0 amide bonds. The molecule has 3 aromatic rings. The summed E-state index contributed by atoms with van der Waals surface area (Å²) in [6, 6.07) is 20.7. The Balaban J connectivity index is 0.000000701. The van der Waals surface area contributed by atoms with E-state index in [0.717, 1.165) is 16.3 Å². The fraction of sp³-hybridized carbons (Fsp3) is 0.100. The van der Waals surface area contributed by atoms with Crippen LogP contribution in [0, 0.1) is 6.92 Å². The van der Waals surface area contributed by atoms with E-state index in [9.17, 15) is 18.2 Å². The van der Waals surface area contributed by atoms with Gasteiger partial charge in [-0.1, -0.05) is 66.2 Å². The lowest BCUT2D eigenvalue weighted by Crippen LogP contribution is -2.08. The van der Waals surface area contributed by atoms with E-state index in [1.54, 1.807) is 18.2 Å². The monoisotopic (exact) mass is 337 g/mol. The molecule has 0 aliphatic heterocycles. The lowest BCUT2D eigenvalue weighted by Gasteiger charge is -2.04. The zero-order valence-corrected chi connectivity index (χ0v) is 13.7. The number of carbonyl (C=O) groups excluding carboxylic acids is 2. The van der Waals surface area contributed by atoms with E-state index >= 15 is 0 Å². The normalized spacial score (nSPS) is 9.88. The zero-order chi connectivity index (χ0) is 18.2. The molecule has 0 saturated heterocycles. The molecule has 0 N–H and O–H groups in total. The Morgan fingerprint density at radius 2 is 1.32 bits per heavy atom. The third-order valence-corrected chi connectivity index (χ3v) is 3.77. The van der Waals surface area contributed by atoms with Crippen molar-refractivity contribution >= 4 is 30.2 Å². The smallest absolute Gasteiger partial charge is 0.294 e. The van der Waals surface area contributed by atoms with Gasteiger partial charge in [-0.05, 0) is 23.8 Å². The largest absolute Gasteiger partial charge is 0.577 e. The molecule has 0 saturated carbocycles. The van der Waals surface area contributed by atoms with Crippen LogP contribution in [0.2, 0.25) is 0 Å². The average Bonchev–Trinajstić information content (AvgIpc) is 2.62. The summed E-state index contributed by atoms with van der Waals surface area (Å²) in [6.07, 6.45) is -0.0958. The zero-order valence-electron chi connectivity index (χ0n) is 13.7. The van der Waals surface area contributed by atoms with Crippen molar-refractivity contribution in [3.63, 3.8) is 0 Å². The highest BCUT2D eigenvalue weighted by Gasteiger charge is 2.13. The van der Waals surface area contributed by atoms with E-state index in [0.29, 0.717) is 11.1 Å². The fourth-order valence-electron chi connectivity index (χ4n) is 2.45. The molecule has 0 bridgehead atoms. The van der Waals surface area contributed by atoms with Crippen molar-refractivity contribution in [1.29, 1.82) is 0 Å². The molecule has 3 aromatic carbocycles. The predicted octanol–water partition coefficient (Wildman–Crippen LogP) is 5.06. The molecule has 0 heterocycles. The van der Waals surface area contributed by atoms with Gasteiger partial charge in [-0.3, -0.25) is 18.2 Å². The van der Waals surface area contributed by atoms with Gasteiger partial charge in [0.25, 0.3) is 0 Å². The van der Waals surface area contributed by atoms with Gasteiger partial charge in [0.2, 0.25) is 0 Å². The van der Waals surface area contributed by atoms with Crippen LogP contribution in [0.3, 0.4) is 0 Å². The van der Waals surface area contributed by atoms with Gasteiger partial charge in [0.1, 0.15) is 0 Å². The third kappa shape index (κ3) is 5.08. The molecular formula is C20H16BF2O2.